The number of carboxylic acids is 1. The minimum Gasteiger partial charge on any atom is -0.480 e. The molecule has 0 spiro atoms. The van der Waals surface area contributed by atoms with Crippen molar-refractivity contribution in [1.82, 2.24) is 10.6 Å². The number of carbonyl (C=O) groups is 3. The van der Waals surface area contributed by atoms with E-state index in [-0.39, 0.29) is 18.4 Å². The Bertz CT molecular complexity index is 992. The van der Waals surface area contributed by atoms with Gasteiger partial charge in [-0.25, -0.2) is 9.59 Å². The molecule has 1 aliphatic rings. The van der Waals surface area contributed by atoms with Crippen LogP contribution >= 0.6 is 0 Å². The first-order valence-corrected chi connectivity index (χ1v) is 12.5. The van der Waals surface area contributed by atoms with Crippen LogP contribution in [0.1, 0.15) is 69.9 Å². The highest BCUT2D eigenvalue weighted by atomic mass is 16.5. The zero-order valence-corrected chi connectivity index (χ0v) is 20.8. The normalized spacial score (nSPS) is 14.8. The molecule has 0 saturated heterocycles. The van der Waals surface area contributed by atoms with Crippen molar-refractivity contribution in [3.63, 3.8) is 0 Å². The van der Waals surface area contributed by atoms with Gasteiger partial charge >= 0.3 is 12.1 Å². The van der Waals surface area contributed by atoms with E-state index in [1.807, 2.05) is 57.2 Å². The molecule has 0 saturated carbocycles. The molecule has 0 fully saturated rings. The van der Waals surface area contributed by atoms with Gasteiger partial charge in [0.15, 0.2) is 0 Å². The summed E-state index contributed by atoms with van der Waals surface area (Å²) in [6, 6.07) is 14.3. The number of hydrogen-bond acceptors (Lipinski definition) is 4. The molecule has 2 unspecified atom stereocenters. The molecule has 0 bridgehead atoms. The number of rotatable bonds is 12. The second-order valence-corrected chi connectivity index (χ2v) is 9.31. The van der Waals surface area contributed by atoms with Crippen LogP contribution in [0.3, 0.4) is 0 Å². The molecule has 0 radical (unpaired) electrons. The van der Waals surface area contributed by atoms with Crippen LogP contribution in [0.2, 0.25) is 0 Å². The number of alkyl carbamates (subject to hydrolysis) is 1. The Labute approximate surface area is 207 Å². The highest BCUT2D eigenvalue weighted by Gasteiger charge is 2.31. The summed E-state index contributed by atoms with van der Waals surface area (Å²) < 4.78 is 5.61. The number of unbranched alkanes of at least 4 members (excludes halogenated alkanes) is 1. The lowest BCUT2D eigenvalue weighted by Gasteiger charge is -2.23. The average Bonchev–Trinajstić information content (AvgIpc) is 3.18. The van der Waals surface area contributed by atoms with Gasteiger partial charge in [0.1, 0.15) is 18.7 Å². The lowest BCUT2D eigenvalue weighted by atomic mass is 9.98. The number of fused-ring (bicyclic) bond motifs is 3. The van der Waals surface area contributed by atoms with Crippen LogP contribution in [0.4, 0.5) is 4.79 Å². The molecule has 2 amide bonds. The van der Waals surface area contributed by atoms with Gasteiger partial charge in [-0.05, 0) is 41.0 Å². The van der Waals surface area contributed by atoms with Crippen molar-refractivity contribution >= 4 is 18.0 Å². The maximum atomic E-state index is 13.0. The maximum absolute atomic E-state index is 13.0. The predicted molar refractivity (Wildman–Crippen MR) is 135 cm³/mol. The van der Waals surface area contributed by atoms with Crippen molar-refractivity contribution in [3.8, 4) is 11.1 Å². The van der Waals surface area contributed by atoms with E-state index >= 15 is 0 Å². The first kappa shape index (κ1) is 26.3. The van der Waals surface area contributed by atoms with Crippen LogP contribution in [-0.2, 0) is 14.3 Å². The van der Waals surface area contributed by atoms with Crippen LogP contribution < -0.4 is 10.6 Å². The fourth-order valence-electron chi connectivity index (χ4n) is 4.52. The molecule has 2 aromatic carbocycles. The monoisotopic (exact) mass is 480 g/mol. The average molecular weight is 481 g/mol. The number of hydrogen-bond donors (Lipinski definition) is 3. The molecular formula is C28H36N2O5. The van der Waals surface area contributed by atoms with E-state index in [0.29, 0.717) is 19.3 Å². The Kier molecular flexibility index (Phi) is 9.29. The maximum Gasteiger partial charge on any atom is 0.407 e. The van der Waals surface area contributed by atoms with Crippen molar-refractivity contribution in [2.24, 2.45) is 5.92 Å². The van der Waals surface area contributed by atoms with Crippen molar-refractivity contribution < 1.29 is 24.2 Å². The van der Waals surface area contributed by atoms with Gasteiger partial charge in [-0.1, -0.05) is 88.6 Å². The van der Waals surface area contributed by atoms with E-state index in [0.717, 1.165) is 35.1 Å². The van der Waals surface area contributed by atoms with Crippen molar-refractivity contribution in [3.05, 3.63) is 59.7 Å². The number of carboxylic acid groups (broad SMARTS) is 1. The van der Waals surface area contributed by atoms with E-state index in [4.69, 9.17) is 4.74 Å². The second-order valence-electron chi connectivity index (χ2n) is 9.31. The summed E-state index contributed by atoms with van der Waals surface area (Å²) in [5.41, 5.74) is 4.49. The fraction of sp³-hybridized carbons (Fsp3) is 0.464. The van der Waals surface area contributed by atoms with Gasteiger partial charge in [0.05, 0.1) is 0 Å². The molecular weight excluding hydrogens is 444 g/mol. The molecule has 3 N–H and O–H groups in total. The first-order valence-electron chi connectivity index (χ1n) is 12.5. The quantitative estimate of drug-likeness (QED) is 0.392. The lowest BCUT2D eigenvalue weighted by molar-refractivity contribution is -0.142. The van der Waals surface area contributed by atoms with Crippen molar-refractivity contribution in [1.29, 1.82) is 0 Å². The zero-order chi connectivity index (χ0) is 25.4. The highest BCUT2D eigenvalue weighted by molar-refractivity contribution is 5.89. The Morgan fingerprint density at radius 3 is 2.09 bits per heavy atom. The van der Waals surface area contributed by atoms with Crippen molar-refractivity contribution in [2.45, 2.75) is 70.9 Å². The summed E-state index contributed by atoms with van der Waals surface area (Å²) in [6.45, 7) is 6.11. The van der Waals surface area contributed by atoms with Crippen LogP contribution in [0.25, 0.3) is 11.1 Å². The summed E-state index contributed by atoms with van der Waals surface area (Å²) in [5.74, 6) is -1.49. The highest BCUT2D eigenvalue weighted by Crippen LogP contribution is 2.44. The summed E-state index contributed by atoms with van der Waals surface area (Å²) >= 11 is 0. The third kappa shape index (κ3) is 6.62. The predicted octanol–water partition coefficient (Wildman–Crippen LogP) is 5.09. The molecule has 7 heteroatoms. The number of nitrogens with one attached hydrogen (secondary N) is 2. The Morgan fingerprint density at radius 2 is 1.54 bits per heavy atom. The Hall–Kier alpha value is -3.35. The number of amides is 2. The molecule has 1 aliphatic carbocycles. The molecule has 0 aromatic heterocycles. The number of benzene rings is 2. The molecule has 7 nitrogen and oxygen atoms in total. The molecule has 3 rings (SSSR count). The summed E-state index contributed by atoms with van der Waals surface area (Å²) in [5, 5.41) is 14.8. The van der Waals surface area contributed by atoms with Crippen molar-refractivity contribution in [2.75, 3.05) is 6.61 Å². The molecule has 2 aromatic rings. The smallest absolute Gasteiger partial charge is 0.407 e. The third-order valence-electron chi connectivity index (χ3n) is 6.75. The largest absolute Gasteiger partial charge is 0.480 e. The van der Waals surface area contributed by atoms with Crippen LogP contribution in [0, 0.1) is 5.92 Å². The summed E-state index contributed by atoms with van der Waals surface area (Å²) in [7, 11) is 0. The number of carbonyl (C=O) groups excluding carboxylic acids is 2. The lowest BCUT2D eigenvalue weighted by Crippen LogP contribution is -2.52. The second kappa shape index (κ2) is 12.4. The van der Waals surface area contributed by atoms with E-state index in [1.54, 1.807) is 0 Å². The van der Waals surface area contributed by atoms with E-state index in [9.17, 15) is 19.5 Å². The molecule has 0 heterocycles. The van der Waals surface area contributed by atoms with Gasteiger partial charge in [-0.3, -0.25) is 4.79 Å². The van der Waals surface area contributed by atoms with Gasteiger partial charge in [-0.15, -0.1) is 0 Å². The van der Waals surface area contributed by atoms with Gasteiger partial charge in [0.25, 0.3) is 0 Å². The van der Waals surface area contributed by atoms with Gasteiger partial charge in [0.2, 0.25) is 5.91 Å². The standard InChI is InChI=1S/C28H36N2O5/c1-4-6-15-24(27(32)33)29-26(31)25(16-18(3)5-2)30-28(34)35-17-23-21-13-9-7-11-19(21)20-12-8-10-14-22(20)23/h7-14,18,23-25H,4-6,15-17H2,1-3H3,(H,29,31)(H,30,34)(H,32,33)/t18?,24-,25?/m0/s1. The van der Waals surface area contributed by atoms with Crippen LogP contribution in [-0.4, -0.2) is 41.8 Å². The van der Waals surface area contributed by atoms with E-state index in [2.05, 4.69) is 22.8 Å². The SMILES string of the molecule is CCCC[C@H](NC(=O)C(CC(C)CC)NC(=O)OCC1c2ccccc2-c2ccccc21)C(=O)O. The molecule has 0 aliphatic heterocycles. The van der Waals surface area contributed by atoms with E-state index < -0.39 is 30.1 Å². The van der Waals surface area contributed by atoms with Crippen LogP contribution in [0.15, 0.2) is 48.5 Å². The van der Waals surface area contributed by atoms with Gasteiger partial charge in [0, 0.05) is 5.92 Å². The fourth-order valence-corrected chi connectivity index (χ4v) is 4.52. The number of ether oxygens (including phenoxy) is 1. The van der Waals surface area contributed by atoms with Gasteiger partial charge in [-0.2, -0.15) is 0 Å². The Balaban J connectivity index is 1.67. The molecule has 3 atom stereocenters. The first-order chi connectivity index (χ1) is 16.8. The summed E-state index contributed by atoms with van der Waals surface area (Å²) in [6.07, 6.45) is 2.40. The van der Waals surface area contributed by atoms with E-state index in [1.165, 1.54) is 0 Å². The number of aliphatic carboxylic acids is 1. The van der Waals surface area contributed by atoms with Gasteiger partial charge < -0.3 is 20.5 Å². The topological polar surface area (TPSA) is 105 Å². The molecule has 35 heavy (non-hydrogen) atoms. The minimum absolute atomic E-state index is 0.0829. The third-order valence-corrected chi connectivity index (χ3v) is 6.75. The van der Waals surface area contributed by atoms with Crippen LogP contribution in [0.5, 0.6) is 0 Å². The summed E-state index contributed by atoms with van der Waals surface area (Å²) in [4.78, 5) is 37.3. The zero-order valence-electron chi connectivity index (χ0n) is 20.8. The minimum atomic E-state index is -1.07. The molecule has 188 valence electrons. The Morgan fingerprint density at radius 1 is 0.943 bits per heavy atom.